The Morgan fingerprint density at radius 1 is 0.842 bits per heavy atom. The number of hydrogen-bond donors (Lipinski definition) is 1. The lowest BCUT2D eigenvalue weighted by Crippen LogP contribution is -2.04. The van der Waals surface area contributed by atoms with E-state index in [1.165, 1.54) is 6.07 Å². The summed E-state index contributed by atoms with van der Waals surface area (Å²) >= 11 is 5.65. The van der Waals surface area contributed by atoms with Crippen molar-refractivity contribution in [3.8, 4) is 0 Å². The smallest absolute Gasteiger partial charge is 0.161 e. The molecule has 1 nitrogen and oxygen atoms in total. The van der Waals surface area contributed by atoms with E-state index in [1.807, 2.05) is 0 Å². The molecule has 0 heterocycles. The molecule has 0 unspecified atom stereocenters. The number of anilines is 1. The van der Waals surface area contributed by atoms with Crippen molar-refractivity contribution in [1.82, 2.24) is 0 Å². The lowest BCUT2D eigenvalue weighted by atomic mass is 10.2. The molecule has 0 amide bonds. The molecule has 2 aromatic carbocycles. The minimum absolute atomic E-state index is 0.0701. The molecule has 19 heavy (non-hydrogen) atoms. The first-order valence-corrected chi connectivity index (χ1v) is 5.67. The summed E-state index contributed by atoms with van der Waals surface area (Å²) in [6.45, 7) is -0.122. The van der Waals surface area contributed by atoms with Crippen LogP contribution >= 0.6 is 11.6 Å². The molecule has 1 N–H and O–H groups in total. The number of halogens is 5. The van der Waals surface area contributed by atoms with E-state index in [9.17, 15) is 17.6 Å². The molecule has 0 radical (unpaired) electrons. The van der Waals surface area contributed by atoms with Gasteiger partial charge in [0, 0.05) is 28.9 Å². The average molecular weight is 290 g/mol. The molecule has 0 saturated heterocycles. The Morgan fingerprint density at radius 2 is 1.53 bits per heavy atom. The van der Waals surface area contributed by atoms with Crippen LogP contribution in [0.3, 0.4) is 0 Å². The van der Waals surface area contributed by atoms with Gasteiger partial charge in [-0.2, -0.15) is 0 Å². The summed E-state index contributed by atoms with van der Waals surface area (Å²) in [6, 6.07) is 4.92. The highest BCUT2D eigenvalue weighted by Gasteiger charge is 2.09. The SMILES string of the molecule is Fc1cc(Cl)cc(NCc2cc(F)c(F)cc2F)c1. The fourth-order valence-electron chi connectivity index (χ4n) is 1.55. The third-order valence-electron chi connectivity index (χ3n) is 2.43. The van der Waals surface area contributed by atoms with Gasteiger partial charge in [0.2, 0.25) is 0 Å². The van der Waals surface area contributed by atoms with Crippen LogP contribution in [0.15, 0.2) is 30.3 Å². The molecule has 0 atom stereocenters. The maximum Gasteiger partial charge on any atom is 0.161 e. The van der Waals surface area contributed by atoms with Crippen molar-refractivity contribution < 1.29 is 17.6 Å². The molecule has 0 fully saturated rings. The Bertz CT molecular complexity index is 596. The molecule has 100 valence electrons. The summed E-state index contributed by atoms with van der Waals surface area (Å²) in [5.41, 5.74) is 0.244. The summed E-state index contributed by atoms with van der Waals surface area (Å²) in [7, 11) is 0. The van der Waals surface area contributed by atoms with Crippen molar-refractivity contribution in [3.05, 3.63) is 64.2 Å². The summed E-state index contributed by atoms with van der Waals surface area (Å²) in [5, 5.41) is 2.85. The predicted octanol–water partition coefficient (Wildman–Crippen LogP) is 4.51. The van der Waals surface area contributed by atoms with Gasteiger partial charge in [-0.25, -0.2) is 17.6 Å². The van der Waals surface area contributed by atoms with E-state index in [1.54, 1.807) is 0 Å². The molecule has 0 bridgehead atoms. The van der Waals surface area contributed by atoms with Crippen molar-refractivity contribution >= 4 is 17.3 Å². The van der Waals surface area contributed by atoms with Crippen molar-refractivity contribution in [2.75, 3.05) is 5.32 Å². The van der Waals surface area contributed by atoms with Gasteiger partial charge in [0.15, 0.2) is 11.6 Å². The van der Waals surface area contributed by atoms with E-state index in [4.69, 9.17) is 11.6 Å². The monoisotopic (exact) mass is 289 g/mol. The van der Waals surface area contributed by atoms with Crippen molar-refractivity contribution in [2.24, 2.45) is 0 Å². The zero-order valence-electron chi connectivity index (χ0n) is 9.48. The maximum atomic E-state index is 13.3. The second-order valence-electron chi connectivity index (χ2n) is 3.87. The van der Waals surface area contributed by atoms with Gasteiger partial charge in [0.05, 0.1) is 0 Å². The van der Waals surface area contributed by atoms with Crippen LogP contribution in [0, 0.1) is 23.3 Å². The zero-order valence-corrected chi connectivity index (χ0v) is 10.2. The van der Waals surface area contributed by atoms with Gasteiger partial charge in [-0.1, -0.05) is 11.6 Å². The molecule has 6 heteroatoms. The van der Waals surface area contributed by atoms with E-state index < -0.39 is 23.3 Å². The van der Waals surface area contributed by atoms with E-state index in [0.29, 0.717) is 11.8 Å². The first kappa shape index (κ1) is 13.7. The first-order valence-electron chi connectivity index (χ1n) is 5.29. The van der Waals surface area contributed by atoms with Crippen molar-refractivity contribution in [2.45, 2.75) is 6.54 Å². The minimum Gasteiger partial charge on any atom is -0.381 e. The third kappa shape index (κ3) is 3.38. The van der Waals surface area contributed by atoms with E-state index in [2.05, 4.69) is 5.32 Å². The van der Waals surface area contributed by atoms with Crippen LogP contribution in [0.5, 0.6) is 0 Å². The normalized spacial score (nSPS) is 10.6. The summed E-state index contributed by atoms with van der Waals surface area (Å²) < 4.78 is 52.1. The van der Waals surface area contributed by atoms with Crippen LogP contribution in [0.1, 0.15) is 5.56 Å². The number of nitrogens with one attached hydrogen (secondary N) is 1. The maximum absolute atomic E-state index is 13.3. The molecule has 0 aliphatic rings. The fraction of sp³-hybridized carbons (Fsp3) is 0.0769. The van der Waals surface area contributed by atoms with Gasteiger partial charge < -0.3 is 5.32 Å². The Balaban J connectivity index is 2.16. The number of rotatable bonds is 3. The number of hydrogen-bond acceptors (Lipinski definition) is 1. The standard InChI is InChI=1S/C13H8ClF4N/c14-8-2-9(15)4-10(3-8)19-6-7-1-12(17)13(18)5-11(7)16/h1-5,19H,6H2. The van der Waals surface area contributed by atoms with Gasteiger partial charge in [-0.15, -0.1) is 0 Å². The largest absolute Gasteiger partial charge is 0.381 e. The topological polar surface area (TPSA) is 12.0 Å². The lowest BCUT2D eigenvalue weighted by Gasteiger charge is -2.08. The molecule has 0 aromatic heterocycles. The molecule has 0 spiro atoms. The molecule has 0 aliphatic carbocycles. The molecule has 0 saturated carbocycles. The van der Waals surface area contributed by atoms with Crippen LogP contribution in [0.4, 0.5) is 23.2 Å². The Labute approximate surface area is 111 Å². The Morgan fingerprint density at radius 3 is 2.21 bits per heavy atom. The summed E-state index contributed by atoms with van der Waals surface area (Å²) in [4.78, 5) is 0. The third-order valence-corrected chi connectivity index (χ3v) is 2.65. The van der Waals surface area contributed by atoms with Crippen LogP contribution in [-0.4, -0.2) is 0 Å². The van der Waals surface area contributed by atoms with Crippen LogP contribution in [0.2, 0.25) is 5.02 Å². The van der Waals surface area contributed by atoms with Crippen LogP contribution < -0.4 is 5.32 Å². The van der Waals surface area contributed by atoms with Gasteiger partial charge in [0.1, 0.15) is 11.6 Å². The van der Waals surface area contributed by atoms with Crippen molar-refractivity contribution in [3.63, 3.8) is 0 Å². The second kappa shape index (κ2) is 5.48. The Kier molecular flexibility index (Phi) is 3.95. The zero-order chi connectivity index (χ0) is 14.0. The lowest BCUT2D eigenvalue weighted by molar-refractivity contribution is 0.490. The molecular weight excluding hydrogens is 282 g/mol. The van der Waals surface area contributed by atoms with E-state index in [-0.39, 0.29) is 17.1 Å². The molecular formula is C13H8ClF4N. The summed E-state index contributed by atoms with van der Waals surface area (Å²) in [6.07, 6.45) is 0. The number of benzene rings is 2. The highest BCUT2D eigenvalue weighted by atomic mass is 35.5. The van der Waals surface area contributed by atoms with E-state index in [0.717, 1.165) is 18.2 Å². The molecule has 2 aromatic rings. The summed E-state index contributed by atoms with van der Waals surface area (Å²) in [5.74, 6) is -3.83. The van der Waals surface area contributed by atoms with Gasteiger partial charge in [-0.05, 0) is 24.3 Å². The van der Waals surface area contributed by atoms with Gasteiger partial charge in [0.25, 0.3) is 0 Å². The van der Waals surface area contributed by atoms with Crippen LogP contribution in [-0.2, 0) is 6.54 Å². The van der Waals surface area contributed by atoms with Gasteiger partial charge in [-0.3, -0.25) is 0 Å². The minimum atomic E-state index is -1.25. The first-order chi connectivity index (χ1) is 8.95. The van der Waals surface area contributed by atoms with Gasteiger partial charge >= 0.3 is 0 Å². The quantitative estimate of drug-likeness (QED) is 0.647. The Hall–Kier alpha value is -1.75. The van der Waals surface area contributed by atoms with Crippen molar-refractivity contribution in [1.29, 1.82) is 0 Å². The highest BCUT2D eigenvalue weighted by molar-refractivity contribution is 6.30. The molecule has 0 aliphatic heterocycles. The average Bonchev–Trinajstić information content (AvgIpc) is 2.31. The fourth-order valence-corrected chi connectivity index (χ4v) is 1.77. The highest BCUT2D eigenvalue weighted by Crippen LogP contribution is 2.20. The molecule has 2 rings (SSSR count). The predicted molar refractivity (Wildman–Crippen MR) is 65.1 cm³/mol. The van der Waals surface area contributed by atoms with E-state index >= 15 is 0 Å². The van der Waals surface area contributed by atoms with Crippen LogP contribution in [0.25, 0.3) is 0 Å². The second-order valence-corrected chi connectivity index (χ2v) is 4.31.